The second-order valence-electron chi connectivity index (χ2n) is 5.92. The van der Waals surface area contributed by atoms with E-state index in [1.165, 1.54) is 18.1 Å². The van der Waals surface area contributed by atoms with Gasteiger partial charge in [-0.3, -0.25) is 4.79 Å². The molecule has 0 atom stereocenters. The zero-order valence-electron chi connectivity index (χ0n) is 14.2. The molecule has 0 N–H and O–H groups in total. The van der Waals surface area contributed by atoms with Gasteiger partial charge in [0.15, 0.2) is 11.4 Å². The number of carbonyl (C=O) groups excluding carboxylic acids is 1. The van der Waals surface area contributed by atoms with Gasteiger partial charge < -0.3 is 0 Å². The van der Waals surface area contributed by atoms with Gasteiger partial charge in [-0.15, -0.1) is 0 Å². The van der Waals surface area contributed by atoms with E-state index in [2.05, 4.69) is 43.1 Å². The lowest BCUT2D eigenvalue weighted by molar-refractivity contribution is 0.102. The number of ketones is 1. The summed E-state index contributed by atoms with van der Waals surface area (Å²) in [7, 11) is 0. The molecule has 27 heavy (non-hydrogen) atoms. The van der Waals surface area contributed by atoms with Crippen molar-refractivity contribution < 1.29 is 4.79 Å². The quantitative estimate of drug-likeness (QED) is 0.250. The Hall–Kier alpha value is -2.51. The monoisotopic (exact) mass is 438 g/mol. The first-order chi connectivity index (χ1) is 13.2. The van der Waals surface area contributed by atoms with Gasteiger partial charge in [-0.05, 0) is 17.7 Å². The van der Waals surface area contributed by atoms with Crippen LogP contribution in [0.2, 0.25) is 0 Å². The SMILES string of the molecule is O=C(CSc1ncnc2c1cnn2Cc1ccccc1)c1ccc(Br)cc1. The molecule has 0 amide bonds. The smallest absolute Gasteiger partial charge is 0.173 e. The molecular formula is C20H15BrN4OS. The molecule has 0 aliphatic heterocycles. The summed E-state index contributed by atoms with van der Waals surface area (Å²) in [6.07, 6.45) is 3.29. The minimum Gasteiger partial charge on any atom is -0.293 e. The fourth-order valence-corrected chi connectivity index (χ4v) is 3.83. The minimum atomic E-state index is 0.0657. The summed E-state index contributed by atoms with van der Waals surface area (Å²) >= 11 is 4.79. The number of benzene rings is 2. The Kier molecular flexibility index (Phi) is 5.31. The van der Waals surface area contributed by atoms with Crippen LogP contribution < -0.4 is 0 Å². The van der Waals surface area contributed by atoms with Gasteiger partial charge in [0.25, 0.3) is 0 Å². The van der Waals surface area contributed by atoms with E-state index in [1.54, 1.807) is 6.20 Å². The first kappa shape index (κ1) is 17.9. The molecule has 0 aliphatic rings. The zero-order valence-corrected chi connectivity index (χ0v) is 16.7. The zero-order chi connectivity index (χ0) is 18.6. The van der Waals surface area contributed by atoms with Crippen LogP contribution in [-0.2, 0) is 6.54 Å². The molecule has 4 rings (SSSR count). The number of thioether (sulfide) groups is 1. The maximum absolute atomic E-state index is 12.4. The Morgan fingerprint density at radius 3 is 2.59 bits per heavy atom. The van der Waals surface area contributed by atoms with Gasteiger partial charge in [0, 0.05) is 10.0 Å². The van der Waals surface area contributed by atoms with Crippen molar-refractivity contribution in [3.05, 3.63) is 82.7 Å². The lowest BCUT2D eigenvalue weighted by atomic mass is 10.2. The van der Waals surface area contributed by atoms with E-state index in [4.69, 9.17) is 0 Å². The Labute approximate surface area is 169 Å². The highest BCUT2D eigenvalue weighted by Crippen LogP contribution is 2.25. The average molecular weight is 439 g/mol. The fraction of sp³-hybridized carbons (Fsp3) is 0.100. The Morgan fingerprint density at radius 2 is 1.81 bits per heavy atom. The lowest BCUT2D eigenvalue weighted by Gasteiger charge is -2.05. The molecule has 2 heterocycles. The van der Waals surface area contributed by atoms with Gasteiger partial charge in [0.05, 0.1) is 23.9 Å². The largest absolute Gasteiger partial charge is 0.293 e. The molecule has 4 aromatic rings. The van der Waals surface area contributed by atoms with Crippen molar-refractivity contribution in [2.75, 3.05) is 5.75 Å². The Balaban J connectivity index is 1.52. The standard InChI is InChI=1S/C20H15BrN4OS/c21-16-8-6-15(7-9-16)18(26)12-27-20-17-10-24-25(19(17)22-13-23-20)11-14-4-2-1-3-5-14/h1-10,13H,11-12H2. The molecule has 7 heteroatoms. The third kappa shape index (κ3) is 4.09. The number of carbonyl (C=O) groups is 1. The molecule has 0 saturated carbocycles. The number of aromatic nitrogens is 4. The van der Waals surface area contributed by atoms with Crippen LogP contribution in [0.1, 0.15) is 15.9 Å². The van der Waals surface area contributed by atoms with Crippen molar-refractivity contribution in [3.63, 3.8) is 0 Å². The van der Waals surface area contributed by atoms with Crippen LogP contribution in [0.4, 0.5) is 0 Å². The molecule has 134 valence electrons. The number of halogens is 1. The van der Waals surface area contributed by atoms with Gasteiger partial charge >= 0.3 is 0 Å². The Morgan fingerprint density at radius 1 is 1.04 bits per heavy atom. The highest BCUT2D eigenvalue weighted by Gasteiger charge is 2.13. The summed E-state index contributed by atoms with van der Waals surface area (Å²) in [5.41, 5.74) is 2.61. The predicted octanol–water partition coefficient (Wildman–Crippen LogP) is 4.61. The maximum atomic E-state index is 12.4. The first-order valence-electron chi connectivity index (χ1n) is 8.33. The molecule has 2 aromatic heterocycles. The number of nitrogens with zero attached hydrogens (tertiary/aromatic N) is 4. The minimum absolute atomic E-state index is 0.0657. The summed E-state index contributed by atoms with van der Waals surface area (Å²) in [6.45, 7) is 0.642. The summed E-state index contributed by atoms with van der Waals surface area (Å²) in [5.74, 6) is 0.383. The topological polar surface area (TPSA) is 60.7 Å². The van der Waals surface area contributed by atoms with Crippen molar-refractivity contribution in [1.82, 2.24) is 19.7 Å². The van der Waals surface area contributed by atoms with Gasteiger partial charge in [0.1, 0.15) is 11.4 Å². The number of Topliss-reactive ketones (excluding diaryl/α,β-unsaturated/α-hetero) is 1. The van der Waals surface area contributed by atoms with Crippen LogP contribution in [0, 0.1) is 0 Å². The number of rotatable bonds is 6. The van der Waals surface area contributed by atoms with Gasteiger partial charge in [-0.2, -0.15) is 5.10 Å². The highest BCUT2D eigenvalue weighted by molar-refractivity contribution is 9.10. The molecule has 5 nitrogen and oxygen atoms in total. The van der Waals surface area contributed by atoms with Gasteiger partial charge in [0.2, 0.25) is 0 Å². The normalized spacial score (nSPS) is 11.0. The van der Waals surface area contributed by atoms with E-state index >= 15 is 0 Å². The van der Waals surface area contributed by atoms with E-state index in [0.717, 1.165) is 26.1 Å². The van der Waals surface area contributed by atoms with Crippen LogP contribution in [-0.4, -0.2) is 31.3 Å². The van der Waals surface area contributed by atoms with Crippen molar-refractivity contribution in [1.29, 1.82) is 0 Å². The Bertz CT molecular complexity index is 1080. The predicted molar refractivity (Wildman–Crippen MR) is 110 cm³/mol. The van der Waals surface area contributed by atoms with Gasteiger partial charge in [-0.1, -0.05) is 70.2 Å². The summed E-state index contributed by atoms with van der Waals surface area (Å²) in [5, 5.41) is 6.09. The van der Waals surface area contributed by atoms with Crippen LogP contribution in [0.15, 0.2) is 76.6 Å². The van der Waals surface area contributed by atoms with Crippen LogP contribution >= 0.6 is 27.7 Å². The molecule has 2 aromatic carbocycles. The van der Waals surface area contributed by atoms with E-state index in [1.807, 2.05) is 47.1 Å². The van der Waals surface area contributed by atoms with Crippen molar-refractivity contribution in [3.8, 4) is 0 Å². The van der Waals surface area contributed by atoms with Crippen molar-refractivity contribution >= 4 is 44.5 Å². The number of hydrogen-bond donors (Lipinski definition) is 0. The summed E-state index contributed by atoms with van der Waals surface area (Å²) in [4.78, 5) is 21.1. The third-order valence-electron chi connectivity index (χ3n) is 4.08. The second-order valence-corrected chi connectivity index (χ2v) is 7.80. The second kappa shape index (κ2) is 8.02. The molecule has 0 aliphatic carbocycles. The van der Waals surface area contributed by atoms with E-state index in [9.17, 15) is 4.79 Å². The third-order valence-corrected chi connectivity index (χ3v) is 5.61. The molecule has 0 bridgehead atoms. The van der Waals surface area contributed by atoms with Crippen LogP contribution in [0.3, 0.4) is 0 Å². The maximum Gasteiger partial charge on any atom is 0.173 e. The number of hydrogen-bond acceptors (Lipinski definition) is 5. The highest BCUT2D eigenvalue weighted by atomic mass is 79.9. The molecule has 0 spiro atoms. The summed E-state index contributed by atoms with van der Waals surface area (Å²) in [6, 6.07) is 17.5. The number of fused-ring (bicyclic) bond motifs is 1. The van der Waals surface area contributed by atoms with E-state index in [-0.39, 0.29) is 5.78 Å². The molecule has 0 saturated heterocycles. The van der Waals surface area contributed by atoms with Crippen molar-refractivity contribution in [2.45, 2.75) is 11.6 Å². The molecule has 0 unspecified atom stereocenters. The first-order valence-corrected chi connectivity index (χ1v) is 10.1. The van der Waals surface area contributed by atoms with Crippen LogP contribution in [0.5, 0.6) is 0 Å². The van der Waals surface area contributed by atoms with E-state index in [0.29, 0.717) is 17.9 Å². The molecule has 0 radical (unpaired) electrons. The molecular weight excluding hydrogens is 424 g/mol. The van der Waals surface area contributed by atoms with Gasteiger partial charge in [-0.25, -0.2) is 14.6 Å². The molecule has 0 fully saturated rings. The fourth-order valence-electron chi connectivity index (χ4n) is 2.71. The van der Waals surface area contributed by atoms with Crippen LogP contribution in [0.25, 0.3) is 11.0 Å². The lowest BCUT2D eigenvalue weighted by Crippen LogP contribution is -2.04. The van der Waals surface area contributed by atoms with Crippen molar-refractivity contribution in [2.24, 2.45) is 0 Å². The van der Waals surface area contributed by atoms with E-state index < -0.39 is 0 Å². The average Bonchev–Trinajstić information content (AvgIpc) is 3.11. The summed E-state index contributed by atoms with van der Waals surface area (Å²) < 4.78 is 2.81.